The quantitative estimate of drug-likeness (QED) is 0.493. The first-order chi connectivity index (χ1) is 13.1. The lowest BCUT2D eigenvalue weighted by Crippen LogP contribution is -2.22. The van der Waals surface area contributed by atoms with Crippen molar-refractivity contribution in [3.8, 4) is 0 Å². The van der Waals surface area contributed by atoms with E-state index in [0.29, 0.717) is 0 Å². The Balaban J connectivity index is 1.95. The number of nitro groups is 1. The second kappa shape index (κ2) is 6.97. The molecular weight excluding hydrogens is 403 g/mol. The van der Waals surface area contributed by atoms with Crippen LogP contribution in [0.4, 0.5) is 24.5 Å². The van der Waals surface area contributed by atoms with Crippen molar-refractivity contribution < 1.29 is 22.9 Å². The summed E-state index contributed by atoms with van der Waals surface area (Å²) in [7, 11) is 0. The molecule has 2 aromatic carbocycles. The van der Waals surface area contributed by atoms with Gasteiger partial charge in [0.15, 0.2) is 0 Å². The van der Waals surface area contributed by atoms with Gasteiger partial charge in [0.05, 0.1) is 21.2 Å². The number of amides is 1. The van der Waals surface area contributed by atoms with Crippen LogP contribution in [-0.4, -0.2) is 15.8 Å². The number of nitrogens with zero attached hydrogens (tertiary/aromatic N) is 1. The molecule has 0 aliphatic heterocycles. The maximum atomic E-state index is 12.8. The summed E-state index contributed by atoms with van der Waals surface area (Å²) in [5.41, 5.74) is -2.41. The van der Waals surface area contributed by atoms with Crippen molar-refractivity contribution in [2.75, 3.05) is 5.32 Å². The van der Waals surface area contributed by atoms with Gasteiger partial charge in [-0.1, -0.05) is 11.6 Å². The molecule has 0 spiro atoms. The summed E-state index contributed by atoms with van der Waals surface area (Å²) in [6, 6.07) is 5.83. The van der Waals surface area contributed by atoms with Crippen molar-refractivity contribution in [3.63, 3.8) is 0 Å². The van der Waals surface area contributed by atoms with Gasteiger partial charge < -0.3 is 10.3 Å². The summed E-state index contributed by atoms with van der Waals surface area (Å²) in [4.78, 5) is 37.4. The number of aromatic amines is 1. The smallest absolute Gasteiger partial charge is 0.360 e. The summed E-state index contributed by atoms with van der Waals surface area (Å²) < 4.78 is 38.3. The highest BCUT2D eigenvalue weighted by Gasteiger charge is 2.30. The van der Waals surface area contributed by atoms with E-state index < -0.39 is 28.0 Å². The fourth-order valence-corrected chi connectivity index (χ4v) is 2.70. The number of hydrogen-bond donors (Lipinski definition) is 2. The SMILES string of the molecule is O=C(Nc1ccc([N+](=O)[O-])cc1Cl)c1c[nH]c2cc(C(F)(F)F)ccc2c1=O. The van der Waals surface area contributed by atoms with Crippen LogP contribution in [0.15, 0.2) is 47.4 Å². The highest BCUT2D eigenvalue weighted by molar-refractivity contribution is 6.34. The number of benzene rings is 2. The first-order valence-electron chi connectivity index (χ1n) is 7.56. The van der Waals surface area contributed by atoms with Gasteiger partial charge in [0, 0.05) is 29.2 Å². The van der Waals surface area contributed by atoms with Gasteiger partial charge >= 0.3 is 6.18 Å². The predicted octanol–water partition coefficient (Wildman–Crippen LogP) is 4.36. The van der Waals surface area contributed by atoms with Crippen molar-refractivity contribution in [2.45, 2.75) is 6.18 Å². The van der Waals surface area contributed by atoms with Gasteiger partial charge in [-0.3, -0.25) is 19.7 Å². The van der Waals surface area contributed by atoms with E-state index in [9.17, 15) is 32.9 Å². The second-order valence-electron chi connectivity index (χ2n) is 5.66. The molecule has 0 radical (unpaired) electrons. The van der Waals surface area contributed by atoms with Crippen LogP contribution in [0, 0.1) is 10.1 Å². The number of carbonyl (C=O) groups is 1. The van der Waals surface area contributed by atoms with Crippen molar-refractivity contribution in [2.24, 2.45) is 0 Å². The number of hydrogen-bond acceptors (Lipinski definition) is 4. The molecule has 0 saturated heterocycles. The highest BCUT2D eigenvalue weighted by Crippen LogP contribution is 2.30. The summed E-state index contributed by atoms with van der Waals surface area (Å²) >= 11 is 5.89. The minimum atomic E-state index is -4.58. The van der Waals surface area contributed by atoms with Crippen molar-refractivity contribution in [1.82, 2.24) is 4.98 Å². The van der Waals surface area contributed by atoms with E-state index in [2.05, 4.69) is 10.3 Å². The van der Waals surface area contributed by atoms with Crippen LogP contribution >= 0.6 is 11.6 Å². The molecule has 28 heavy (non-hydrogen) atoms. The number of fused-ring (bicyclic) bond motifs is 1. The number of alkyl halides is 3. The summed E-state index contributed by atoms with van der Waals surface area (Å²) in [5.74, 6) is -0.876. The first-order valence-corrected chi connectivity index (χ1v) is 7.93. The molecule has 0 unspecified atom stereocenters. The van der Waals surface area contributed by atoms with Crippen LogP contribution < -0.4 is 10.7 Å². The lowest BCUT2D eigenvalue weighted by molar-refractivity contribution is -0.384. The Morgan fingerprint density at radius 3 is 2.50 bits per heavy atom. The van der Waals surface area contributed by atoms with Gasteiger partial charge in [0.1, 0.15) is 5.56 Å². The van der Waals surface area contributed by atoms with E-state index in [-0.39, 0.29) is 32.9 Å². The van der Waals surface area contributed by atoms with E-state index in [0.717, 1.165) is 36.5 Å². The zero-order valence-electron chi connectivity index (χ0n) is 13.6. The molecule has 11 heteroatoms. The molecule has 1 heterocycles. The standard InChI is InChI=1S/C17H9ClF3N3O4/c18-12-6-9(24(27)28)2-4-13(12)23-16(26)11-7-22-14-5-8(17(19,20)21)1-3-10(14)15(11)25/h1-7H,(H,22,25)(H,23,26). The van der Waals surface area contributed by atoms with Crippen LogP contribution in [0.1, 0.15) is 15.9 Å². The minimum absolute atomic E-state index is 0.0317. The van der Waals surface area contributed by atoms with Crippen LogP contribution in [0.25, 0.3) is 10.9 Å². The number of non-ortho nitro benzene ring substituents is 1. The normalized spacial score (nSPS) is 11.4. The molecule has 0 atom stereocenters. The van der Waals surface area contributed by atoms with Gasteiger partial charge in [0.25, 0.3) is 11.6 Å². The third kappa shape index (κ3) is 3.67. The first kappa shape index (κ1) is 19.4. The highest BCUT2D eigenvalue weighted by atomic mass is 35.5. The van der Waals surface area contributed by atoms with E-state index in [1.165, 1.54) is 6.07 Å². The van der Waals surface area contributed by atoms with Crippen LogP contribution in [0.3, 0.4) is 0 Å². The van der Waals surface area contributed by atoms with E-state index >= 15 is 0 Å². The number of pyridine rings is 1. The molecule has 0 aliphatic carbocycles. The zero-order chi connectivity index (χ0) is 20.6. The summed E-state index contributed by atoms with van der Waals surface area (Å²) in [6.07, 6.45) is -3.59. The van der Waals surface area contributed by atoms with Gasteiger partial charge in [0.2, 0.25) is 5.43 Å². The van der Waals surface area contributed by atoms with E-state index in [1.54, 1.807) is 0 Å². The Kier molecular flexibility index (Phi) is 4.82. The monoisotopic (exact) mass is 411 g/mol. The second-order valence-corrected chi connectivity index (χ2v) is 6.07. The Morgan fingerprint density at radius 2 is 1.89 bits per heavy atom. The van der Waals surface area contributed by atoms with E-state index in [4.69, 9.17) is 11.6 Å². The number of nitro benzene ring substituents is 1. The Bertz CT molecular complexity index is 1170. The van der Waals surface area contributed by atoms with Crippen LogP contribution in [-0.2, 0) is 6.18 Å². The maximum absolute atomic E-state index is 12.8. The number of carbonyl (C=O) groups excluding carboxylic acids is 1. The Hall–Kier alpha value is -3.40. The molecule has 1 aromatic heterocycles. The molecule has 1 amide bonds. The predicted molar refractivity (Wildman–Crippen MR) is 95.6 cm³/mol. The average Bonchev–Trinajstić information content (AvgIpc) is 2.62. The van der Waals surface area contributed by atoms with Crippen molar-refractivity contribution in [3.05, 3.63) is 79.1 Å². The largest absolute Gasteiger partial charge is 0.416 e. The number of anilines is 1. The number of halogens is 4. The third-order valence-corrected chi connectivity index (χ3v) is 4.18. The fraction of sp³-hybridized carbons (Fsp3) is 0.0588. The fourth-order valence-electron chi connectivity index (χ4n) is 2.48. The van der Waals surface area contributed by atoms with Crippen LogP contribution in [0.5, 0.6) is 0 Å². The average molecular weight is 412 g/mol. The topological polar surface area (TPSA) is 105 Å². The summed E-state index contributed by atoms with van der Waals surface area (Å²) in [5, 5.41) is 12.8. The van der Waals surface area contributed by atoms with Crippen molar-refractivity contribution in [1.29, 1.82) is 0 Å². The maximum Gasteiger partial charge on any atom is 0.416 e. The number of nitrogens with one attached hydrogen (secondary N) is 2. The number of aromatic nitrogens is 1. The summed E-state index contributed by atoms with van der Waals surface area (Å²) in [6.45, 7) is 0. The molecule has 2 N–H and O–H groups in total. The van der Waals surface area contributed by atoms with E-state index in [1.807, 2.05) is 0 Å². The molecule has 7 nitrogen and oxygen atoms in total. The molecule has 3 rings (SSSR count). The number of H-pyrrole nitrogens is 1. The molecule has 0 fully saturated rings. The molecular formula is C17H9ClF3N3O4. The van der Waals surface area contributed by atoms with Gasteiger partial charge in [-0.2, -0.15) is 13.2 Å². The minimum Gasteiger partial charge on any atom is -0.360 e. The lowest BCUT2D eigenvalue weighted by Gasteiger charge is -2.09. The molecule has 3 aromatic rings. The Morgan fingerprint density at radius 1 is 1.18 bits per heavy atom. The third-order valence-electron chi connectivity index (χ3n) is 3.86. The van der Waals surface area contributed by atoms with Crippen molar-refractivity contribution >= 4 is 39.8 Å². The molecule has 144 valence electrons. The number of rotatable bonds is 3. The van der Waals surface area contributed by atoms with Gasteiger partial charge in [-0.05, 0) is 24.3 Å². The van der Waals surface area contributed by atoms with Gasteiger partial charge in [-0.25, -0.2) is 0 Å². The molecule has 0 bridgehead atoms. The zero-order valence-corrected chi connectivity index (χ0v) is 14.4. The van der Waals surface area contributed by atoms with Crippen LogP contribution in [0.2, 0.25) is 5.02 Å². The molecule has 0 aliphatic rings. The molecule has 0 saturated carbocycles. The lowest BCUT2D eigenvalue weighted by atomic mass is 10.1. The van der Waals surface area contributed by atoms with Gasteiger partial charge in [-0.15, -0.1) is 0 Å². The Labute approximate surface area is 158 Å².